The van der Waals surface area contributed by atoms with Crippen LogP contribution in [-0.4, -0.2) is 43.7 Å². The molecule has 1 saturated heterocycles. The van der Waals surface area contributed by atoms with E-state index in [1.54, 1.807) is 14.0 Å². The number of hydrogen-bond donors (Lipinski definition) is 3. The Kier molecular flexibility index (Phi) is 6.12. The molecular weight excluding hydrogens is 294 g/mol. The maximum absolute atomic E-state index is 12.5. The Morgan fingerprint density at radius 1 is 1.26 bits per heavy atom. The first-order chi connectivity index (χ1) is 11.1. The summed E-state index contributed by atoms with van der Waals surface area (Å²) in [6.07, 6.45) is 1.21. The minimum Gasteiger partial charge on any atom is -0.368 e. The van der Waals surface area contributed by atoms with Crippen molar-refractivity contribution in [2.75, 3.05) is 20.2 Å². The first-order valence-corrected chi connectivity index (χ1v) is 7.96. The fourth-order valence-electron chi connectivity index (χ4n) is 2.69. The Balaban J connectivity index is 1.86. The molecule has 0 radical (unpaired) electrons. The summed E-state index contributed by atoms with van der Waals surface area (Å²) in [5.74, 6) is -0.425. The summed E-state index contributed by atoms with van der Waals surface area (Å²) in [5.41, 5.74) is 0.185. The molecule has 0 bridgehead atoms. The van der Waals surface area contributed by atoms with Gasteiger partial charge in [-0.3, -0.25) is 9.59 Å². The van der Waals surface area contributed by atoms with E-state index in [0.29, 0.717) is 19.4 Å². The van der Waals surface area contributed by atoms with Gasteiger partial charge in [0.15, 0.2) is 0 Å². The van der Waals surface area contributed by atoms with Gasteiger partial charge in [-0.25, -0.2) is 0 Å². The fourth-order valence-corrected chi connectivity index (χ4v) is 2.69. The number of rotatable bonds is 6. The average Bonchev–Trinajstić information content (AvgIpc) is 2.60. The van der Waals surface area contributed by atoms with Crippen LogP contribution in [0.4, 0.5) is 0 Å². The zero-order valence-electron chi connectivity index (χ0n) is 13.7. The van der Waals surface area contributed by atoms with E-state index in [1.807, 2.05) is 30.3 Å². The van der Waals surface area contributed by atoms with Gasteiger partial charge in [-0.1, -0.05) is 30.3 Å². The number of amides is 2. The summed E-state index contributed by atoms with van der Waals surface area (Å²) in [5, 5.41) is 8.81. The Hall–Kier alpha value is -1.92. The van der Waals surface area contributed by atoms with Crippen molar-refractivity contribution in [2.45, 2.75) is 38.0 Å². The molecule has 23 heavy (non-hydrogen) atoms. The molecule has 1 aliphatic rings. The van der Waals surface area contributed by atoms with Crippen LogP contribution in [0.1, 0.15) is 25.3 Å². The molecule has 126 valence electrons. The average molecular weight is 319 g/mol. The van der Waals surface area contributed by atoms with Gasteiger partial charge in [-0.15, -0.1) is 0 Å². The summed E-state index contributed by atoms with van der Waals surface area (Å²) in [4.78, 5) is 24.6. The second-order valence-corrected chi connectivity index (χ2v) is 5.85. The number of nitrogens with one attached hydrogen (secondary N) is 3. The maximum Gasteiger partial charge on any atom is 0.252 e. The predicted octanol–water partition coefficient (Wildman–Crippen LogP) is 0.576. The topological polar surface area (TPSA) is 79.5 Å². The Morgan fingerprint density at radius 2 is 1.91 bits per heavy atom. The molecule has 1 fully saturated rings. The van der Waals surface area contributed by atoms with Crippen LogP contribution in [0.3, 0.4) is 0 Å². The molecule has 1 unspecified atom stereocenters. The van der Waals surface area contributed by atoms with Crippen molar-refractivity contribution in [3.63, 3.8) is 0 Å². The van der Waals surface area contributed by atoms with Gasteiger partial charge in [0.05, 0.1) is 0 Å². The lowest BCUT2D eigenvalue weighted by Gasteiger charge is -2.35. The number of carbonyl (C=O) groups is 2. The van der Waals surface area contributed by atoms with E-state index in [-0.39, 0.29) is 11.8 Å². The van der Waals surface area contributed by atoms with Gasteiger partial charge in [-0.05, 0) is 38.4 Å². The third kappa shape index (κ3) is 4.53. The van der Waals surface area contributed by atoms with Crippen LogP contribution in [0.25, 0.3) is 0 Å². The highest BCUT2D eigenvalue weighted by atomic mass is 16.5. The standard InChI is InChI=1S/C17H25N3O3/c1-13(15(21)19-12-14-6-4-3-5-7-14)20-16(22)17(23-2)8-10-18-11-9-17/h3-7,13,18H,8-12H2,1-2H3,(H,19,21)(H,20,22). The number of carbonyl (C=O) groups excluding carboxylic acids is 2. The zero-order valence-corrected chi connectivity index (χ0v) is 13.7. The monoisotopic (exact) mass is 319 g/mol. The molecule has 0 spiro atoms. The van der Waals surface area contributed by atoms with Gasteiger partial charge in [0.1, 0.15) is 11.6 Å². The Morgan fingerprint density at radius 3 is 2.52 bits per heavy atom. The second kappa shape index (κ2) is 8.08. The number of methoxy groups -OCH3 is 1. The largest absolute Gasteiger partial charge is 0.368 e. The minimum atomic E-state index is -0.834. The number of piperidine rings is 1. The molecule has 0 aromatic heterocycles. The molecule has 0 aliphatic carbocycles. The quantitative estimate of drug-likeness (QED) is 0.716. The molecule has 3 N–H and O–H groups in total. The maximum atomic E-state index is 12.5. The lowest BCUT2D eigenvalue weighted by Crippen LogP contribution is -2.57. The van der Waals surface area contributed by atoms with Gasteiger partial charge in [-0.2, -0.15) is 0 Å². The van der Waals surface area contributed by atoms with Crippen molar-refractivity contribution >= 4 is 11.8 Å². The van der Waals surface area contributed by atoms with E-state index >= 15 is 0 Å². The Bertz CT molecular complexity index is 527. The van der Waals surface area contributed by atoms with E-state index in [1.165, 1.54) is 0 Å². The molecule has 0 saturated carbocycles. The smallest absolute Gasteiger partial charge is 0.252 e. The summed E-state index contributed by atoms with van der Waals surface area (Å²) < 4.78 is 5.47. The minimum absolute atomic E-state index is 0.206. The van der Waals surface area contributed by atoms with Crippen LogP contribution in [0.5, 0.6) is 0 Å². The normalized spacial score (nSPS) is 18.0. The molecule has 6 nitrogen and oxygen atoms in total. The molecule has 1 aromatic rings. The van der Waals surface area contributed by atoms with Crippen LogP contribution >= 0.6 is 0 Å². The lowest BCUT2D eigenvalue weighted by molar-refractivity contribution is -0.148. The molecule has 1 atom stereocenters. The second-order valence-electron chi connectivity index (χ2n) is 5.85. The molecule has 1 aliphatic heterocycles. The third-order valence-electron chi connectivity index (χ3n) is 4.27. The Labute approximate surface area is 137 Å². The van der Waals surface area contributed by atoms with E-state index < -0.39 is 11.6 Å². The third-order valence-corrected chi connectivity index (χ3v) is 4.27. The summed E-state index contributed by atoms with van der Waals surface area (Å²) in [6.45, 7) is 3.59. The highest BCUT2D eigenvalue weighted by molar-refractivity contribution is 5.91. The first-order valence-electron chi connectivity index (χ1n) is 7.96. The molecule has 1 heterocycles. The molecule has 6 heteroatoms. The van der Waals surface area contributed by atoms with Crippen molar-refractivity contribution in [1.29, 1.82) is 0 Å². The number of benzene rings is 1. The first kappa shape index (κ1) is 17.4. The van der Waals surface area contributed by atoms with Crippen LogP contribution in [0, 0.1) is 0 Å². The van der Waals surface area contributed by atoms with Crippen LogP contribution in [-0.2, 0) is 20.9 Å². The molecule has 1 aromatic carbocycles. The fraction of sp³-hybridized carbons (Fsp3) is 0.529. The number of hydrogen-bond acceptors (Lipinski definition) is 4. The van der Waals surface area contributed by atoms with Crippen LogP contribution in [0.15, 0.2) is 30.3 Å². The highest BCUT2D eigenvalue weighted by Crippen LogP contribution is 2.22. The van der Waals surface area contributed by atoms with Gasteiger partial charge >= 0.3 is 0 Å². The van der Waals surface area contributed by atoms with Gasteiger partial charge < -0.3 is 20.7 Å². The van der Waals surface area contributed by atoms with Crippen LogP contribution in [0.2, 0.25) is 0 Å². The molecular formula is C17H25N3O3. The highest BCUT2D eigenvalue weighted by Gasteiger charge is 2.40. The van der Waals surface area contributed by atoms with Crippen molar-refractivity contribution in [2.24, 2.45) is 0 Å². The molecule has 2 rings (SSSR count). The van der Waals surface area contributed by atoms with E-state index in [0.717, 1.165) is 18.7 Å². The van der Waals surface area contributed by atoms with Crippen LogP contribution < -0.4 is 16.0 Å². The van der Waals surface area contributed by atoms with Gasteiger partial charge in [0, 0.05) is 13.7 Å². The molecule has 2 amide bonds. The summed E-state index contributed by atoms with van der Waals surface area (Å²) >= 11 is 0. The zero-order chi connectivity index (χ0) is 16.7. The van der Waals surface area contributed by atoms with Gasteiger partial charge in [0.25, 0.3) is 5.91 Å². The van der Waals surface area contributed by atoms with Crippen molar-refractivity contribution in [3.05, 3.63) is 35.9 Å². The van der Waals surface area contributed by atoms with Gasteiger partial charge in [0.2, 0.25) is 5.91 Å². The van der Waals surface area contributed by atoms with E-state index in [4.69, 9.17) is 4.74 Å². The SMILES string of the molecule is COC1(C(=O)NC(C)C(=O)NCc2ccccc2)CCNCC1. The summed E-state index contributed by atoms with van der Waals surface area (Å²) in [7, 11) is 1.55. The van der Waals surface area contributed by atoms with Crippen molar-refractivity contribution in [1.82, 2.24) is 16.0 Å². The van der Waals surface area contributed by atoms with E-state index in [2.05, 4.69) is 16.0 Å². The van der Waals surface area contributed by atoms with Crippen molar-refractivity contribution in [3.8, 4) is 0 Å². The predicted molar refractivity (Wildman–Crippen MR) is 87.7 cm³/mol. The summed E-state index contributed by atoms with van der Waals surface area (Å²) in [6, 6.07) is 9.06. The van der Waals surface area contributed by atoms with E-state index in [9.17, 15) is 9.59 Å². The number of ether oxygens (including phenoxy) is 1. The lowest BCUT2D eigenvalue weighted by atomic mass is 9.91. The van der Waals surface area contributed by atoms with Crippen molar-refractivity contribution < 1.29 is 14.3 Å².